The van der Waals surface area contributed by atoms with Crippen LogP contribution in [0.15, 0.2) is 59.7 Å². The van der Waals surface area contributed by atoms with Gasteiger partial charge in [0.25, 0.3) is 0 Å². The van der Waals surface area contributed by atoms with Crippen LogP contribution in [0.4, 0.5) is 0 Å². The summed E-state index contributed by atoms with van der Waals surface area (Å²) in [5.74, 6) is 0.998. The van der Waals surface area contributed by atoms with Gasteiger partial charge in [0, 0.05) is 17.4 Å². The van der Waals surface area contributed by atoms with E-state index in [1.54, 1.807) is 0 Å². The predicted molar refractivity (Wildman–Crippen MR) is 92.5 cm³/mol. The molecule has 0 spiro atoms. The van der Waals surface area contributed by atoms with Gasteiger partial charge in [-0.2, -0.15) is 5.10 Å². The van der Waals surface area contributed by atoms with E-state index in [1.807, 2.05) is 12.1 Å². The Morgan fingerprint density at radius 2 is 1.70 bits per heavy atom. The summed E-state index contributed by atoms with van der Waals surface area (Å²) in [6, 6.07) is 19.1. The average molecular weight is 306 g/mol. The third-order valence-electron chi connectivity index (χ3n) is 4.55. The van der Waals surface area contributed by atoms with E-state index in [-0.39, 0.29) is 17.7 Å². The van der Waals surface area contributed by atoms with Crippen molar-refractivity contribution in [3.05, 3.63) is 65.7 Å². The molecule has 2 aliphatic heterocycles. The Balaban J connectivity index is 1.78. The molecule has 2 aliphatic rings. The number of rotatable bonds is 1. The second-order valence-corrected chi connectivity index (χ2v) is 7.39. The Morgan fingerprint density at radius 3 is 2.43 bits per heavy atom. The Bertz CT molecular complexity index is 746. The van der Waals surface area contributed by atoms with Crippen molar-refractivity contribution >= 4 is 5.71 Å². The molecule has 0 bridgehead atoms. The summed E-state index contributed by atoms with van der Waals surface area (Å²) in [7, 11) is 0. The van der Waals surface area contributed by atoms with Crippen molar-refractivity contribution < 1.29 is 4.74 Å². The number of para-hydroxylation sites is 1. The van der Waals surface area contributed by atoms with Crippen LogP contribution in [0.5, 0.6) is 5.75 Å². The Kier molecular flexibility index (Phi) is 3.19. The highest BCUT2D eigenvalue weighted by atomic mass is 16.5. The van der Waals surface area contributed by atoms with Crippen molar-refractivity contribution in [1.82, 2.24) is 5.01 Å². The van der Waals surface area contributed by atoms with E-state index in [4.69, 9.17) is 9.84 Å². The quantitative estimate of drug-likeness (QED) is 0.769. The highest BCUT2D eigenvalue weighted by Crippen LogP contribution is 2.46. The van der Waals surface area contributed by atoms with Gasteiger partial charge in [-0.25, -0.2) is 5.01 Å². The van der Waals surface area contributed by atoms with E-state index < -0.39 is 0 Å². The third-order valence-corrected chi connectivity index (χ3v) is 4.55. The lowest BCUT2D eigenvalue weighted by Gasteiger charge is -2.44. The Labute approximate surface area is 137 Å². The van der Waals surface area contributed by atoms with E-state index in [2.05, 4.69) is 68.2 Å². The van der Waals surface area contributed by atoms with Gasteiger partial charge >= 0.3 is 0 Å². The van der Waals surface area contributed by atoms with Crippen molar-refractivity contribution in [1.29, 1.82) is 0 Å². The SMILES string of the molecule is CC(C)(C)[C@H]1Oc2ccccc2[C@H]2CC(c3ccccc3)=NN21. The topological polar surface area (TPSA) is 24.8 Å². The second-order valence-electron chi connectivity index (χ2n) is 7.39. The van der Waals surface area contributed by atoms with Crippen LogP contribution < -0.4 is 4.74 Å². The first-order chi connectivity index (χ1) is 11.0. The van der Waals surface area contributed by atoms with Crippen LogP contribution >= 0.6 is 0 Å². The van der Waals surface area contributed by atoms with Crippen molar-refractivity contribution in [2.24, 2.45) is 10.5 Å². The van der Waals surface area contributed by atoms with E-state index in [0.29, 0.717) is 0 Å². The number of hydrazone groups is 1. The molecule has 2 aromatic rings. The van der Waals surface area contributed by atoms with Gasteiger partial charge < -0.3 is 4.74 Å². The fourth-order valence-corrected chi connectivity index (χ4v) is 3.41. The van der Waals surface area contributed by atoms with Gasteiger partial charge in [0.15, 0.2) is 6.23 Å². The van der Waals surface area contributed by atoms with Crippen LogP contribution in [0.3, 0.4) is 0 Å². The first-order valence-corrected chi connectivity index (χ1v) is 8.21. The molecule has 0 fully saturated rings. The maximum atomic E-state index is 6.31. The van der Waals surface area contributed by atoms with Gasteiger partial charge in [0.1, 0.15) is 5.75 Å². The molecule has 3 nitrogen and oxygen atoms in total. The van der Waals surface area contributed by atoms with Gasteiger partial charge in [-0.3, -0.25) is 0 Å². The minimum Gasteiger partial charge on any atom is -0.468 e. The average Bonchev–Trinajstić information content (AvgIpc) is 2.99. The summed E-state index contributed by atoms with van der Waals surface area (Å²) in [5, 5.41) is 7.12. The van der Waals surface area contributed by atoms with Gasteiger partial charge in [-0.15, -0.1) is 0 Å². The number of benzene rings is 2. The molecule has 0 aromatic heterocycles. The molecule has 2 aromatic carbocycles. The van der Waals surface area contributed by atoms with Gasteiger partial charge in [0.05, 0.1) is 11.8 Å². The summed E-state index contributed by atoms with van der Waals surface area (Å²) in [6.45, 7) is 6.62. The minimum absolute atomic E-state index is 0.0125. The molecule has 0 amide bonds. The zero-order chi connectivity index (χ0) is 16.0. The number of fused-ring (bicyclic) bond motifs is 3. The highest BCUT2D eigenvalue weighted by molar-refractivity contribution is 6.01. The maximum absolute atomic E-state index is 6.31. The van der Waals surface area contributed by atoms with Crippen molar-refractivity contribution in [3.8, 4) is 5.75 Å². The smallest absolute Gasteiger partial charge is 0.192 e. The van der Waals surface area contributed by atoms with Crippen LogP contribution in [0, 0.1) is 5.41 Å². The Morgan fingerprint density at radius 1 is 1.00 bits per heavy atom. The summed E-state index contributed by atoms with van der Waals surface area (Å²) in [6.07, 6.45) is 0.875. The molecule has 118 valence electrons. The largest absolute Gasteiger partial charge is 0.468 e. The first kappa shape index (κ1) is 14.3. The summed E-state index contributed by atoms with van der Waals surface area (Å²) >= 11 is 0. The lowest BCUT2D eigenvalue weighted by atomic mass is 9.89. The summed E-state index contributed by atoms with van der Waals surface area (Å²) in [4.78, 5) is 0. The molecule has 0 unspecified atom stereocenters. The normalized spacial score (nSPS) is 22.9. The molecule has 0 saturated carbocycles. The van der Waals surface area contributed by atoms with E-state index >= 15 is 0 Å². The van der Waals surface area contributed by atoms with Crippen LogP contribution in [0.2, 0.25) is 0 Å². The molecule has 0 N–H and O–H groups in total. The lowest BCUT2D eigenvalue weighted by Crippen LogP contribution is -2.48. The van der Waals surface area contributed by atoms with Crippen molar-refractivity contribution in [3.63, 3.8) is 0 Å². The number of nitrogens with zero attached hydrogens (tertiary/aromatic N) is 2. The molecule has 3 heteroatoms. The standard InChI is InChI=1S/C20H22N2O/c1-20(2,3)19-22-17(15-11-7-8-12-18(15)23-19)13-16(21-22)14-9-5-4-6-10-14/h4-12,17,19H,13H2,1-3H3/t17-,19-/m1/s1. The van der Waals surface area contributed by atoms with Crippen molar-refractivity contribution in [2.75, 3.05) is 0 Å². The molecular formula is C20H22N2O. The Hall–Kier alpha value is -2.29. The molecule has 2 heterocycles. The van der Waals surface area contributed by atoms with E-state index in [9.17, 15) is 0 Å². The zero-order valence-corrected chi connectivity index (χ0v) is 13.9. The monoisotopic (exact) mass is 306 g/mol. The van der Waals surface area contributed by atoms with Gasteiger partial charge in [-0.1, -0.05) is 69.3 Å². The molecular weight excluding hydrogens is 284 g/mol. The van der Waals surface area contributed by atoms with Crippen LogP contribution in [-0.2, 0) is 0 Å². The zero-order valence-electron chi connectivity index (χ0n) is 13.9. The lowest BCUT2D eigenvalue weighted by molar-refractivity contribution is -0.0825. The number of ether oxygens (including phenoxy) is 1. The van der Waals surface area contributed by atoms with Gasteiger partial charge in [-0.05, 0) is 11.6 Å². The molecule has 2 atom stereocenters. The highest BCUT2D eigenvalue weighted by Gasteiger charge is 2.44. The predicted octanol–water partition coefficient (Wildman–Crippen LogP) is 4.60. The summed E-state index contributed by atoms with van der Waals surface area (Å²) < 4.78 is 6.31. The first-order valence-electron chi connectivity index (χ1n) is 8.21. The van der Waals surface area contributed by atoms with E-state index in [1.165, 1.54) is 11.1 Å². The molecule has 0 saturated heterocycles. The molecule has 0 aliphatic carbocycles. The van der Waals surface area contributed by atoms with Crippen LogP contribution in [0.1, 0.15) is 44.4 Å². The van der Waals surface area contributed by atoms with E-state index in [0.717, 1.165) is 17.9 Å². The number of hydrogen-bond acceptors (Lipinski definition) is 3. The second kappa shape index (κ2) is 5.12. The number of hydrogen-bond donors (Lipinski definition) is 0. The maximum Gasteiger partial charge on any atom is 0.192 e. The minimum atomic E-state index is -0.0522. The van der Waals surface area contributed by atoms with Crippen LogP contribution in [-0.4, -0.2) is 16.9 Å². The fourth-order valence-electron chi connectivity index (χ4n) is 3.41. The van der Waals surface area contributed by atoms with Crippen molar-refractivity contribution in [2.45, 2.75) is 39.5 Å². The molecule has 0 radical (unpaired) electrons. The van der Waals surface area contributed by atoms with Crippen LogP contribution in [0.25, 0.3) is 0 Å². The summed E-state index contributed by atoms with van der Waals surface area (Å²) in [5.41, 5.74) is 3.57. The fraction of sp³-hybridized carbons (Fsp3) is 0.350. The third kappa shape index (κ3) is 2.40. The molecule has 4 rings (SSSR count). The van der Waals surface area contributed by atoms with Gasteiger partial charge in [0.2, 0.25) is 0 Å². The molecule has 23 heavy (non-hydrogen) atoms.